The molecule has 0 unspecified atom stereocenters. The van der Waals surface area contributed by atoms with Crippen molar-refractivity contribution in [2.45, 2.75) is 19.4 Å². The molecule has 20 heavy (non-hydrogen) atoms. The fourth-order valence-electron chi connectivity index (χ4n) is 2.41. The van der Waals surface area contributed by atoms with Gasteiger partial charge in [-0.1, -0.05) is 0 Å². The first-order valence-corrected chi connectivity index (χ1v) is 7.43. The first kappa shape index (κ1) is 13.3. The van der Waals surface area contributed by atoms with E-state index in [2.05, 4.69) is 30.9 Å². The van der Waals surface area contributed by atoms with Crippen LogP contribution in [-0.4, -0.2) is 27.9 Å². The van der Waals surface area contributed by atoms with Crippen LogP contribution in [0.2, 0.25) is 0 Å². The van der Waals surface area contributed by atoms with E-state index >= 15 is 0 Å². The van der Waals surface area contributed by atoms with Gasteiger partial charge in [-0.05, 0) is 40.4 Å². The number of pyridine rings is 1. The van der Waals surface area contributed by atoms with Gasteiger partial charge in [0, 0.05) is 36.0 Å². The van der Waals surface area contributed by atoms with Crippen LogP contribution in [0.15, 0.2) is 40.0 Å². The summed E-state index contributed by atoms with van der Waals surface area (Å²) in [5, 5.41) is 4.27. The minimum absolute atomic E-state index is 0.0747. The first-order valence-electron chi connectivity index (χ1n) is 6.64. The van der Waals surface area contributed by atoms with Crippen molar-refractivity contribution in [3.05, 3.63) is 51.1 Å². The van der Waals surface area contributed by atoms with Gasteiger partial charge in [0.25, 0.3) is 5.56 Å². The topological polar surface area (TPSA) is 51.0 Å². The van der Waals surface area contributed by atoms with Crippen LogP contribution >= 0.6 is 15.9 Å². The largest absolute Gasteiger partial charge is 0.370 e. The molecule has 0 aliphatic carbocycles. The zero-order valence-corrected chi connectivity index (χ0v) is 12.6. The molecule has 0 radical (unpaired) electrons. The van der Waals surface area contributed by atoms with Gasteiger partial charge in [0.1, 0.15) is 0 Å². The SMILES string of the molecule is O=c1cc(N2CCCC2)cnn1Cc1cncc(Br)c1. The Bertz CT molecular complexity index is 664. The zero-order chi connectivity index (χ0) is 13.9. The number of rotatable bonds is 3. The zero-order valence-electron chi connectivity index (χ0n) is 11.0. The summed E-state index contributed by atoms with van der Waals surface area (Å²) in [5.74, 6) is 0. The molecule has 1 fully saturated rings. The van der Waals surface area contributed by atoms with E-state index in [1.165, 1.54) is 17.5 Å². The highest BCUT2D eigenvalue weighted by Gasteiger charge is 2.13. The predicted molar refractivity (Wildman–Crippen MR) is 81.0 cm³/mol. The molecule has 2 aromatic rings. The number of hydrogen-bond acceptors (Lipinski definition) is 4. The molecule has 0 spiro atoms. The van der Waals surface area contributed by atoms with Crippen molar-refractivity contribution in [3.8, 4) is 0 Å². The van der Waals surface area contributed by atoms with Gasteiger partial charge >= 0.3 is 0 Å². The second-order valence-corrected chi connectivity index (χ2v) is 5.83. The van der Waals surface area contributed by atoms with Gasteiger partial charge in [0.05, 0.1) is 18.4 Å². The van der Waals surface area contributed by atoms with Gasteiger partial charge in [-0.2, -0.15) is 5.10 Å². The lowest BCUT2D eigenvalue weighted by atomic mass is 10.3. The second-order valence-electron chi connectivity index (χ2n) is 4.92. The molecule has 104 valence electrons. The summed E-state index contributed by atoms with van der Waals surface area (Å²) in [6, 6.07) is 3.61. The minimum Gasteiger partial charge on any atom is -0.370 e. The fourth-order valence-corrected chi connectivity index (χ4v) is 2.82. The third-order valence-electron chi connectivity index (χ3n) is 3.42. The Balaban J connectivity index is 1.82. The molecular formula is C14H15BrN4O. The summed E-state index contributed by atoms with van der Waals surface area (Å²) in [4.78, 5) is 18.4. The van der Waals surface area contributed by atoms with Crippen LogP contribution in [0.5, 0.6) is 0 Å². The Morgan fingerprint density at radius 3 is 2.65 bits per heavy atom. The van der Waals surface area contributed by atoms with Crippen molar-refractivity contribution in [2.24, 2.45) is 0 Å². The highest BCUT2D eigenvalue weighted by atomic mass is 79.9. The van der Waals surface area contributed by atoms with Crippen LogP contribution < -0.4 is 10.5 Å². The Labute approximate surface area is 125 Å². The van der Waals surface area contributed by atoms with Gasteiger partial charge in [0.15, 0.2) is 0 Å². The van der Waals surface area contributed by atoms with Crippen LogP contribution in [0, 0.1) is 0 Å². The van der Waals surface area contributed by atoms with Gasteiger partial charge in [-0.3, -0.25) is 9.78 Å². The van der Waals surface area contributed by atoms with Gasteiger partial charge in [-0.25, -0.2) is 4.68 Å². The Morgan fingerprint density at radius 1 is 1.15 bits per heavy atom. The number of halogens is 1. The number of aromatic nitrogens is 3. The molecule has 1 aliphatic heterocycles. The fraction of sp³-hybridized carbons (Fsp3) is 0.357. The molecule has 3 heterocycles. The van der Waals surface area contributed by atoms with E-state index in [9.17, 15) is 4.79 Å². The summed E-state index contributed by atoms with van der Waals surface area (Å²) in [6.45, 7) is 2.47. The summed E-state index contributed by atoms with van der Waals surface area (Å²) in [7, 11) is 0. The molecule has 3 rings (SSSR count). The van der Waals surface area contributed by atoms with Gasteiger partial charge < -0.3 is 4.90 Å². The third-order valence-corrected chi connectivity index (χ3v) is 3.85. The molecular weight excluding hydrogens is 320 g/mol. The van der Waals surface area contributed by atoms with Crippen molar-refractivity contribution in [1.29, 1.82) is 0 Å². The molecule has 1 aliphatic rings. The van der Waals surface area contributed by atoms with Crippen molar-refractivity contribution in [1.82, 2.24) is 14.8 Å². The molecule has 6 heteroatoms. The highest BCUT2D eigenvalue weighted by molar-refractivity contribution is 9.10. The van der Waals surface area contributed by atoms with E-state index in [0.29, 0.717) is 6.54 Å². The van der Waals surface area contributed by atoms with Crippen LogP contribution in [0.1, 0.15) is 18.4 Å². The first-order chi connectivity index (χ1) is 9.72. The van der Waals surface area contributed by atoms with Crippen LogP contribution in [-0.2, 0) is 6.54 Å². The van der Waals surface area contributed by atoms with E-state index in [0.717, 1.165) is 28.8 Å². The van der Waals surface area contributed by atoms with E-state index in [1.807, 2.05) is 6.07 Å². The monoisotopic (exact) mass is 334 g/mol. The van der Waals surface area contributed by atoms with Gasteiger partial charge in [0.2, 0.25) is 0 Å². The lowest BCUT2D eigenvalue weighted by Crippen LogP contribution is -2.26. The molecule has 1 saturated heterocycles. The van der Waals surface area contributed by atoms with E-state index in [1.54, 1.807) is 24.7 Å². The molecule has 0 atom stereocenters. The van der Waals surface area contributed by atoms with E-state index < -0.39 is 0 Å². The Morgan fingerprint density at radius 2 is 1.95 bits per heavy atom. The lowest BCUT2D eigenvalue weighted by Gasteiger charge is -2.17. The number of nitrogens with zero attached hydrogens (tertiary/aromatic N) is 4. The summed E-state index contributed by atoms with van der Waals surface area (Å²) in [5.41, 5.74) is 1.80. The van der Waals surface area contributed by atoms with Crippen molar-refractivity contribution in [3.63, 3.8) is 0 Å². The van der Waals surface area contributed by atoms with Crippen LogP contribution in [0.4, 0.5) is 5.69 Å². The van der Waals surface area contributed by atoms with Crippen molar-refractivity contribution < 1.29 is 0 Å². The molecule has 0 saturated carbocycles. The molecule has 0 bridgehead atoms. The van der Waals surface area contributed by atoms with Crippen molar-refractivity contribution in [2.75, 3.05) is 18.0 Å². The highest BCUT2D eigenvalue weighted by Crippen LogP contribution is 2.17. The normalized spacial score (nSPS) is 14.8. The van der Waals surface area contributed by atoms with Gasteiger partial charge in [-0.15, -0.1) is 0 Å². The summed E-state index contributed by atoms with van der Waals surface area (Å²) in [6.07, 6.45) is 7.61. The third kappa shape index (κ3) is 2.90. The quantitative estimate of drug-likeness (QED) is 0.862. The summed E-state index contributed by atoms with van der Waals surface area (Å²) >= 11 is 3.37. The maximum atomic E-state index is 12.1. The summed E-state index contributed by atoms with van der Waals surface area (Å²) < 4.78 is 2.36. The second kappa shape index (κ2) is 5.75. The smallest absolute Gasteiger partial charge is 0.269 e. The molecule has 0 aromatic carbocycles. The average molecular weight is 335 g/mol. The predicted octanol–water partition coefficient (Wildman–Crippen LogP) is 2.05. The molecule has 0 N–H and O–H groups in total. The minimum atomic E-state index is -0.0747. The van der Waals surface area contributed by atoms with E-state index in [4.69, 9.17) is 0 Å². The Hall–Kier alpha value is -1.69. The maximum Gasteiger partial charge on any atom is 0.269 e. The van der Waals surface area contributed by atoms with Crippen LogP contribution in [0.3, 0.4) is 0 Å². The maximum absolute atomic E-state index is 12.1. The average Bonchev–Trinajstić information content (AvgIpc) is 2.95. The number of hydrogen-bond donors (Lipinski definition) is 0. The van der Waals surface area contributed by atoms with Crippen molar-refractivity contribution >= 4 is 21.6 Å². The Kier molecular flexibility index (Phi) is 3.82. The molecule has 2 aromatic heterocycles. The van der Waals surface area contributed by atoms with Crippen LogP contribution in [0.25, 0.3) is 0 Å². The van der Waals surface area contributed by atoms with E-state index in [-0.39, 0.29) is 5.56 Å². The molecule has 0 amide bonds. The number of anilines is 1. The standard InChI is InChI=1S/C14H15BrN4O/c15-12-5-11(7-16-8-12)10-19-14(20)6-13(9-17-19)18-3-1-2-4-18/h5-9H,1-4,10H2. The lowest BCUT2D eigenvalue weighted by molar-refractivity contribution is 0.635. The molecule has 5 nitrogen and oxygen atoms in total.